The van der Waals surface area contributed by atoms with Crippen LogP contribution < -0.4 is 0 Å². The van der Waals surface area contributed by atoms with Gasteiger partial charge in [-0.1, -0.05) is 0 Å². The Bertz CT molecular complexity index is 226. The number of carbonyl (C=O) groups is 2. The molecule has 0 amide bonds. The Balaban J connectivity index is 0.00000196. The smallest absolute Gasteiger partial charge is 0.317 e. The van der Waals surface area contributed by atoms with E-state index < -0.39 is 5.97 Å². The summed E-state index contributed by atoms with van der Waals surface area (Å²) in [5.74, 6) is -1.05. The van der Waals surface area contributed by atoms with E-state index in [1.165, 1.54) is 7.11 Å². The second kappa shape index (κ2) is 6.63. The fourth-order valence-corrected chi connectivity index (χ4v) is 1.68. The number of hydrogen-bond donors (Lipinski definition) is 1. The molecule has 1 saturated heterocycles. The van der Waals surface area contributed by atoms with Crippen LogP contribution in [0.1, 0.15) is 12.8 Å². The highest BCUT2D eigenvalue weighted by Crippen LogP contribution is 2.17. The third-order valence-electron chi connectivity index (χ3n) is 2.48. The van der Waals surface area contributed by atoms with Gasteiger partial charge in [0.2, 0.25) is 0 Å². The molecule has 0 aromatic heterocycles. The molecule has 6 heteroatoms. The van der Waals surface area contributed by atoms with Gasteiger partial charge in [0.25, 0.3) is 0 Å². The SMILES string of the molecule is COC(=O)C1CCN(CC(=O)O)CC1.Cl. The topological polar surface area (TPSA) is 66.8 Å². The molecule has 0 aromatic carbocycles. The summed E-state index contributed by atoms with van der Waals surface area (Å²) in [4.78, 5) is 23.4. The Morgan fingerprint density at radius 1 is 1.40 bits per heavy atom. The van der Waals surface area contributed by atoms with Crippen molar-refractivity contribution < 1.29 is 19.4 Å². The van der Waals surface area contributed by atoms with Crippen LogP contribution in [0.5, 0.6) is 0 Å². The predicted molar refractivity (Wildman–Crippen MR) is 56.1 cm³/mol. The van der Waals surface area contributed by atoms with Gasteiger partial charge in [0.1, 0.15) is 0 Å². The lowest BCUT2D eigenvalue weighted by atomic mass is 9.97. The highest BCUT2D eigenvalue weighted by Gasteiger charge is 2.26. The molecular weight excluding hydrogens is 222 g/mol. The summed E-state index contributed by atoms with van der Waals surface area (Å²) in [6.45, 7) is 1.38. The molecule has 0 bridgehead atoms. The minimum Gasteiger partial charge on any atom is -0.480 e. The third kappa shape index (κ3) is 4.48. The standard InChI is InChI=1S/C9H15NO4.ClH/c1-14-9(13)7-2-4-10(5-3-7)6-8(11)12;/h7H,2-6H2,1H3,(H,11,12);1H. The Morgan fingerprint density at radius 3 is 2.33 bits per heavy atom. The quantitative estimate of drug-likeness (QED) is 0.719. The molecule has 0 atom stereocenters. The summed E-state index contributed by atoms with van der Waals surface area (Å²) in [5, 5.41) is 8.55. The molecule has 1 fully saturated rings. The van der Waals surface area contributed by atoms with Crippen LogP contribution in [0.15, 0.2) is 0 Å². The Morgan fingerprint density at radius 2 is 1.93 bits per heavy atom. The molecule has 15 heavy (non-hydrogen) atoms. The number of likely N-dealkylation sites (tertiary alicyclic amines) is 1. The highest BCUT2D eigenvalue weighted by atomic mass is 35.5. The zero-order valence-corrected chi connectivity index (χ0v) is 9.46. The molecule has 0 spiro atoms. The maximum absolute atomic E-state index is 11.1. The summed E-state index contributed by atoms with van der Waals surface area (Å²) in [6.07, 6.45) is 1.39. The fourth-order valence-electron chi connectivity index (χ4n) is 1.68. The van der Waals surface area contributed by atoms with Gasteiger partial charge in [0.05, 0.1) is 19.6 Å². The van der Waals surface area contributed by atoms with Gasteiger partial charge < -0.3 is 9.84 Å². The van der Waals surface area contributed by atoms with E-state index in [1.54, 1.807) is 0 Å². The van der Waals surface area contributed by atoms with Crippen LogP contribution >= 0.6 is 12.4 Å². The first kappa shape index (κ1) is 14.2. The van der Waals surface area contributed by atoms with E-state index in [1.807, 2.05) is 4.90 Å². The molecule has 1 aliphatic rings. The first-order chi connectivity index (χ1) is 6.63. The van der Waals surface area contributed by atoms with Crippen molar-refractivity contribution in [2.75, 3.05) is 26.7 Å². The number of esters is 1. The van der Waals surface area contributed by atoms with Gasteiger partial charge in [-0.15, -0.1) is 12.4 Å². The zero-order chi connectivity index (χ0) is 10.6. The number of carbonyl (C=O) groups excluding carboxylic acids is 1. The third-order valence-corrected chi connectivity index (χ3v) is 2.48. The summed E-state index contributed by atoms with van der Waals surface area (Å²) in [7, 11) is 1.38. The summed E-state index contributed by atoms with van der Waals surface area (Å²) < 4.78 is 4.63. The van der Waals surface area contributed by atoms with Crippen molar-refractivity contribution >= 4 is 24.3 Å². The van der Waals surface area contributed by atoms with Crippen molar-refractivity contribution in [2.24, 2.45) is 5.92 Å². The maximum Gasteiger partial charge on any atom is 0.317 e. The normalized spacial score (nSPS) is 17.9. The molecule has 1 rings (SSSR count). The van der Waals surface area contributed by atoms with Gasteiger partial charge in [-0.3, -0.25) is 14.5 Å². The van der Waals surface area contributed by atoms with Crippen molar-refractivity contribution in [3.8, 4) is 0 Å². The van der Waals surface area contributed by atoms with E-state index in [9.17, 15) is 9.59 Å². The van der Waals surface area contributed by atoms with Gasteiger partial charge in [-0.05, 0) is 25.9 Å². The van der Waals surface area contributed by atoms with E-state index in [0.717, 1.165) is 0 Å². The van der Waals surface area contributed by atoms with Crippen LogP contribution in [0.3, 0.4) is 0 Å². The van der Waals surface area contributed by atoms with Crippen molar-refractivity contribution in [1.82, 2.24) is 4.90 Å². The van der Waals surface area contributed by atoms with Crippen molar-refractivity contribution in [3.63, 3.8) is 0 Å². The first-order valence-corrected chi connectivity index (χ1v) is 4.65. The van der Waals surface area contributed by atoms with Crippen LogP contribution in [0.25, 0.3) is 0 Å². The number of piperidine rings is 1. The number of carboxylic acid groups (broad SMARTS) is 1. The lowest BCUT2D eigenvalue weighted by molar-refractivity contribution is -0.147. The van der Waals surface area contributed by atoms with E-state index >= 15 is 0 Å². The van der Waals surface area contributed by atoms with Crippen LogP contribution in [-0.2, 0) is 14.3 Å². The number of rotatable bonds is 3. The maximum atomic E-state index is 11.1. The average Bonchev–Trinajstić information content (AvgIpc) is 2.17. The van der Waals surface area contributed by atoms with Crippen LogP contribution in [0, 0.1) is 5.92 Å². The Kier molecular flexibility index (Phi) is 6.27. The second-order valence-corrected chi connectivity index (χ2v) is 3.47. The number of carboxylic acids is 1. The van der Waals surface area contributed by atoms with E-state index in [2.05, 4.69) is 4.74 Å². The molecule has 1 aliphatic heterocycles. The van der Waals surface area contributed by atoms with Gasteiger partial charge in [-0.25, -0.2) is 0 Å². The summed E-state index contributed by atoms with van der Waals surface area (Å²) in [6, 6.07) is 0. The van der Waals surface area contributed by atoms with Crippen molar-refractivity contribution in [1.29, 1.82) is 0 Å². The minimum atomic E-state index is -0.818. The molecule has 0 aliphatic carbocycles. The van der Waals surface area contributed by atoms with E-state index in [4.69, 9.17) is 5.11 Å². The molecule has 1 heterocycles. The van der Waals surface area contributed by atoms with Crippen molar-refractivity contribution in [3.05, 3.63) is 0 Å². The zero-order valence-electron chi connectivity index (χ0n) is 8.64. The average molecular weight is 238 g/mol. The lowest BCUT2D eigenvalue weighted by Gasteiger charge is -2.29. The molecular formula is C9H16ClNO4. The molecule has 0 saturated carbocycles. The minimum absolute atomic E-state index is 0. The number of ether oxygens (including phenoxy) is 1. The Hall–Kier alpha value is -0.810. The summed E-state index contributed by atoms with van der Waals surface area (Å²) in [5.41, 5.74) is 0. The Labute approximate surface area is 94.8 Å². The molecule has 0 unspecified atom stereocenters. The summed E-state index contributed by atoms with van der Waals surface area (Å²) >= 11 is 0. The van der Waals surface area contributed by atoms with Crippen molar-refractivity contribution in [2.45, 2.75) is 12.8 Å². The lowest BCUT2D eigenvalue weighted by Crippen LogP contribution is -2.39. The largest absolute Gasteiger partial charge is 0.480 e. The van der Waals surface area contributed by atoms with Crippen LogP contribution in [0.4, 0.5) is 0 Å². The molecule has 88 valence electrons. The van der Waals surface area contributed by atoms with Gasteiger partial charge in [0.15, 0.2) is 0 Å². The van der Waals surface area contributed by atoms with E-state index in [0.29, 0.717) is 25.9 Å². The van der Waals surface area contributed by atoms with Crippen LogP contribution in [0.2, 0.25) is 0 Å². The monoisotopic (exact) mass is 237 g/mol. The van der Waals surface area contributed by atoms with Crippen LogP contribution in [-0.4, -0.2) is 48.7 Å². The van der Waals surface area contributed by atoms with E-state index in [-0.39, 0.29) is 30.8 Å². The fraction of sp³-hybridized carbons (Fsp3) is 0.778. The number of aliphatic carboxylic acids is 1. The first-order valence-electron chi connectivity index (χ1n) is 4.65. The van der Waals surface area contributed by atoms with Gasteiger partial charge in [0, 0.05) is 0 Å². The predicted octanol–water partition coefficient (Wildman–Crippen LogP) is 0.378. The molecule has 1 N–H and O–H groups in total. The number of halogens is 1. The molecule has 5 nitrogen and oxygen atoms in total. The van der Waals surface area contributed by atoms with Gasteiger partial charge >= 0.3 is 11.9 Å². The second-order valence-electron chi connectivity index (χ2n) is 3.47. The molecule has 0 radical (unpaired) electrons. The number of methoxy groups -OCH3 is 1. The number of hydrogen-bond acceptors (Lipinski definition) is 4. The molecule has 0 aromatic rings. The highest BCUT2D eigenvalue weighted by molar-refractivity contribution is 5.85. The number of nitrogens with zero attached hydrogens (tertiary/aromatic N) is 1. The van der Waals surface area contributed by atoms with Gasteiger partial charge in [-0.2, -0.15) is 0 Å².